The smallest absolute Gasteiger partial charge is 0.227 e. The summed E-state index contributed by atoms with van der Waals surface area (Å²) in [5.74, 6) is 0.0497. The number of benzene rings is 2. The molecule has 21 heavy (non-hydrogen) atoms. The first-order chi connectivity index (χ1) is 10.1. The molecule has 0 aliphatic carbocycles. The summed E-state index contributed by atoms with van der Waals surface area (Å²) in [5, 5.41) is 1.08. The van der Waals surface area contributed by atoms with Crippen LogP contribution in [0.5, 0.6) is 0 Å². The van der Waals surface area contributed by atoms with E-state index in [1.807, 2.05) is 17.0 Å². The average molecular weight is 320 g/mol. The van der Waals surface area contributed by atoms with Gasteiger partial charge in [-0.3, -0.25) is 4.79 Å². The maximum absolute atomic E-state index is 12.6. The average Bonchev–Trinajstić information content (AvgIpc) is 2.81. The van der Waals surface area contributed by atoms with Gasteiger partial charge in [0, 0.05) is 16.6 Å². The fourth-order valence-electron chi connectivity index (χ4n) is 2.83. The molecule has 2 aromatic carbocycles. The number of rotatable bonds is 2. The van der Waals surface area contributed by atoms with Gasteiger partial charge in [-0.1, -0.05) is 53.5 Å². The highest BCUT2D eigenvalue weighted by Crippen LogP contribution is 2.34. The third kappa shape index (κ3) is 2.66. The van der Waals surface area contributed by atoms with Gasteiger partial charge in [0.15, 0.2) is 0 Å². The van der Waals surface area contributed by atoms with Gasteiger partial charge in [-0.2, -0.15) is 0 Å². The first kappa shape index (κ1) is 14.4. The summed E-state index contributed by atoms with van der Waals surface area (Å²) in [4.78, 5) is 14.5. The van der Waals surface area contributed by atoms with Crippen LogP contribution in [0.4, 0.5) is 0 Å². The van der Waals surface area contributed by atoms with E-state index < -0.39 is 0 Å². The van der Waals surface area contributed by atoms with E-state index in [0.29, 0.717) is 22.2 Å². The summed E-state index contributed by atoms with van der Waals surface area (Å²) in [6.07, 6.45) is 0.233. The Morgan fingerprint density at radius 2 is 1.81 bits per heavy atom. The topological polar surface area (TPSA) is 20.3 Å². The Balaban J connectivity index is 1.82. The predicted octanol–water partition coefficient (Wildman–Crippen LogP) is 4.64. The van der Waals surface area contributed by atoms with Crippen molar-refractivity contribution in [1.29, 1.82) is 0 Å². The molecular formula is C17H15Cl2NO. The van der Waals surface area contributed by atoms with Crippen LogP contribution in [0.3, 0.4) is 0 Å². The minimum absolute atomic E-state index is 0.0497. The molecule has 0 saturated carbocycles. The normalized spacial score (nSPS) is 16.9. The lowest BCUT2D eigenvalue weighted by molar-refractivity contribution is -0.132. The van der Waals surface area contributed by atoms with E-state index in [0.717, 1.165) is 0 Å². The summed E-state index contributed by atoms with van der Waals surface area (Å²) in [6, 6.07) is 13.6. The molecule has 108 valence electrons. The number of hydrogen-bond donors (Lipinski definition) is 0. The molecule has 1 heterocycles. The fraction of sp³-hybridized carbons (Fsp3) is 0.235. The van der Waals surface area contributed by atoms with E-state index in [1.54, 1.807) is 18.2 Å². The Labute approximate surface area is 134 Å². The highest BCUT2D eigenvalue weighted by Gasteiger charge is 2.30. The maximum Gasteiger partial charge on any atom is 0.227 e. The largest absolute Gasteiger partial charge is 0.331 e. The summed E-state index contributed by atoms with van der Waals surface area (Å²) >= 11 is 12.3. The van der Waals surface area contributed by atoms with Crippen LogP contribution in [0, 0.1) is 0 Å². The molecule has 1 amide bonds. The quantitative estimate of drug-likeness (QED) is 0.789. The van der Waals surface area contributed by atoms with Crippen LogP contribution in [-0.2, 0) is 17.8 Å². The van der Waals surface area contributed by atoms with E-state index in [2.05, 4.69) is 19.1 Å². The lowest BCUT2D eigenvalue weighted by Gasteiger charge is -2.22. The lowest BCUT2D eigenvalue weighted by Crippen LogP contribution is -2.29. The van der Waals surface area contributed by atoms with Crippen LogP contribution in [0.2, 0.25) is 10.0 Å². The van der Waals surface area contributed by atoms with Gasteiger partial charge in [0.2, 0.25) is 5.91 Å². The highest BCUT2D eigenvalue weighted by atomic mass is 35.5. The lowest BCUT2D eigenvalue weighted by atomic mass is 10.1. The minimum Gasteiger partial charge on any atom is -0.331 e. The van der Waals surface area contributed by atoms with Crippen LogP contribution in [-0.4, -0.2) is 10.8 Å². The molecule has 2 nitrogen and oxygen atoms in total. The highest BCUT2D eigenvalue weighted by molar-refractivity contribution is 6.36. The Hall–Kier alpha value is -1.51. The Morgan fingerprint density at radius 1 is 1.14 bits per heavy atom. The van der Waals surface area contributed by atoms with Crippen LogP contribution in [0.25, 0.3) is 0 Å². The zero-order valence-corrected chi connectivity index (χ0v) is 13.2. The van der Waals surface area contributed by atoms with Crippen LogP contribution in [0.1, 0.15) is 29.7 Å². The van der Waals surface area contributed by atoms with Crippen molar-refractivity contribution >= 4 is 29.1 Å². The first-order valence-corrected chi connectivity index (χ1v) is 7.63. The molecule has 1 aliphatic rings. The molecule has 2 aromatic rings. The number of nitrogens with zero attached hydrogens (tertiary/aromatic N) is 1. The third-order valence-corrected chi connectivity index (χ3v) is 4.73. The van der Waals surface area contributed by atoms with Gasteiger partial charge < -0.3 is 4.90 Å². The molecule has 0 N–H and O–H groups in total. The van der Waals surface area contributed by atoms with Crippen molar-refractivity contribution in [3.8, 4) is 0 Å². The molecule has 0 fully saturated rings. The SMILES string of the molecule is CC1c2ccccc2CN1C(=O)Cc1c(Cl)cccc1Cl. The second-order valence-corrected chi connectivity index (χ2v) is 6.09. The van der Waals surface area contributed by atoms with Gasteiger partial charge in [-0.25, -0.2) is 0 Å². The number of amides is 1. The molecule has 3 rings (SSSR count). The molecular weight excluding hydrogens is 305 g/mol. The van der Waals surface area contributed by atoms with Crippen molar-refractivity contribution in [2.45, 2.75) is 25.9 Å². The van der Waals surface area contributed by atoms with Gasteiger partial charge in [0.25, 0.3) is 0 Å². The van der Waals surface area contributed by atoms with E-state index in [-0.39, 0.29) is 18.4 Å². The standard InChI is InChI=1S/C17H15Cl2NO/c1-11-13-6-3-2-5-12(13)10-20(11)17(21)9-14-15(18)7-4-8-16(14)19/h2-8,11H,9-10H2,1H3. The Bertz CT molecular complexity index is 679. The number of halogens is 2. The van der Waals surface area contributed by atoms with Crippen LogP contribution < -0.4 is 0 Å². The van der Waals surface area contributed by atoms with E-state index in [1.165, 1.54) is 11.1 Å². The van der Waals surface area contributed by atoms with Gasteiger partial charge >= 0.3 is 0 Å². The number of fused-ring (bicyclic) bond motifs is 1. The van der Waals surface area contributed by atoms with Crippen LogP contribution >= 0.6 is 23.2 Å². The molecule has 0 aromatic heterocycles. The third-order valence-electron chi connectivity index (χ3n) is 4.02. The van der Waals surface area contributed by atoms with Crippen molar-refractivity contribution in [2.75, 3.05) is 0 Å². The molecule has 0 radical (unpaired) electrons. The number of hydrogen-bond acceptors (Lipinski definition) is 1. The fourth-order valence-corrected chi connectivity index (χ4v) is 3.36. The second kappa shape index (κ2) is 5.70. The molecule has 0 spiro atoms. The van der Waals surface area contributed by atoms with Gasteiger partial charge in [-0.15, -0.1) is 0 Å². The first-order valence-electron chi connectivity index (χ1n) is 6.88. The molecule has 0 saturated heterocycles. The summed E-state index contributed by atoms with van der Waals surface area (Å²) in [7, 11) is 0. The number of carbonyl (C=O) groups excluding carboxylic acids is 1. The van der Waals surface area contributed by atoms with Gasteiger partial charge in [-0.05, 0) is 35.7 Å². The molecule has 1 unspecified atom stereocenters. The zero-order chi connectivity index (χ0) is 15.0. The van der Waals surface area contributed by atoms with Gasteiger partial charge in [0.05, 0.1) is 12.5 Å². The molecule has 1 atom stereocenters. The van der Waals surface area contributed by atoms with E-state index in [4.69, 9.17) is 23.2 Å². The predicted molar refractivity (Wildman–Crippen MR) is 85.6 cm³/mol. The minimum atomic E-state index is 0.0497. The molecule has 4 heteroatoms. The van der Waals surface area contributed by atoms with Crippen molar-refractivity contribution < 1.29 is 4.79 Å². The monoisotopic (exact) mass is 319 g/mol. The summed E-state index contributed by atoms with van der Waals surface area (Å²) in [6.45, 7) is 2.70. The van der Waals surface area contributed by atoms with E-state index >= 15 is 0 Å². The summed E-state index contributed by atoms with van der Waals surface area (Å²) < 4.78 is 0. The Morgan fingerprint density at radius 3 is 2.48 bits per heavy atom. The van der Waals surface area contributed by atoms with Crippen molar-refractivity contribution in [3.05, 3.63) is 69.2 Å². The number of carbonyl (C=O) groups is 1. The van der Waals surface area contributed by atoms with E-state index in [9.17, 15) is 4.79 Å². The second-order valence-electron chi connectivity index (χ2n) is 5.27. The maximum atomic E-state index is 12.6. The van der Waals surface area contributed by atoms with Crippen molar-refractivity contribution in [2.24, 2.45) is 0 Å². The molecule has 1 aliphatic heterocycles. The summed E-state index contributed by atoms with van der Waals surface area (Å²) in [5.41, 5.74) is 3.13. The van der Waals surface area contributed by atoms with Crippen molar-refractivity contribution in [1.82, 2.24) is 4.90 Å². The van der Waals surface area contributed by atoms with Crippen LogP contribution in [0.15, 0.2) is 42.5 Å². The van der Waals surface area contributed by atoms with Crippen molar-refractivity contribution in [3.63, 3.8) is 0 Å². The zero-order valence-electron chi connectivity index (χ0n) is 11.6. The Kier molecular flexibility index (Phi) is 3.92. The van der Waals surface area contributed by atoms with Gasteiger partial charge in [0.1, 0.15) is 0 Å². The molecule has 0 bridgehead atoms.